The molecule has 0 heterocycles. The van der Waals surface area contributed by atoms with Crippen molar-refractivity contribution in [1.82, 2.24) is 0 Å². The third kappa shape index (κ3) is 4.32. The Morgan fingerprint density at radius 2 is 2.00 bits per heavy atom. The van der Waals surface area contributed by atoms with Gasteiger partial charge in [-0.15, -0.1) is 12.4 Å². The topological polar surface area (TPSA) is 49.5 Å². The van der Waals surface area contributed by atoms with Crippen LogP contribution in [0.3, 0.4) is 0 Å². The number of hydrogen-bond acceptors (Lipinski definition) is 3. The summed E-state index contributed by atoms with van der Waals surface area (Å²) in [7, 11) is 3.91. The highest BCUT2D eigenvalue weighted by molar-refractivity contribution is 6.31. The van der Waals surface area contributed by atoms with Gasteiger partial charge in [0.15, 0.2) is 0 Å². The molecule has 1 aromatic carbocycles. The molecule has 0 aliphatic heterocycles. The van der Waals surface area contributed by atoms with Crippen LogP contribution in [0.25, 0.3) is 0 Å². The Kier molecular flexibility index (Phi) is 7.64. The normalized spacial score (nSPS) is 13.7. The van der Waals surface area contributed by atoms with Crippen LogP contribution in [0, 0.1) is 0 Å². The average Bonchev–Trinajstić information content (AvgIpc) is 2.28. The Morgan fingerprint density at radius 3 is 2.44 bits per heavy atom. The molecule has 0 saturated heterocycles. The molecule has 5 heteroatoms. The van der Waals surface area contributed by atoms with E-state index in [1.165, 1.54) is 0 Å². The van der Waals surface area contributed by atoms with Gasteiger partial charge in [-0.25, -0.2) is 0 Å². The van der Waals surface area contributed by atoms with E-state index in [4.69, 9.17) is 17.3 Å². The number of halogens is 2. The maximum atomic E-state index is 9.88. The zero-order valence-electron chi connectivity index (χ0n) is 11.1. The summed E-state index contributed by atoms with van der Waals surface area (Å²) in [6, 6.07) is 5.30. The summed E-state index contributed by atoms with van der Waals surface area (Å²) in [5.41, 5.74) is 7.83. The molecule has 0 radical (unpaired) electrons. The van der Waals surface area contributed by atoms with E-state index in [2.05, 4.69) is 0 Å². The Balaban J connectivity index is 0.00000289. The first kappa shape index (κ1) is 17.5. The van der Waals surface area contributed by atoms with Gasteiger partial charge in [0.2, 0.25) is 0 Å². The summed E-state index contributed by atoms with van der Waals surface area (Å²) in [5, 5.41) is 10.5. The predicted octanol–water partition coefficient (Wildman–Crippen LogP) is 2.99. The molecule has 0 amide bonds. The average molecular weight is 293 g/mol. The number of aliphatic hydroxyl groups is 1. The van der Waals surface area contributed by atoms with Crippen LogP contribution < -0.4 is 10.6 Å². The molecule has 0 aromatic heterocycles. The standard InChI is InChI=1S/C13H21ClN2O.ClH/c1-4-5-12(17)13(15)10-7-6-9(16(2)3)8-11(10)14;/h6-8,12-13,17H,4-5,15H2,1-3H3;1H/t12-,13+;/m1./s1. The second kappa shape index (κ2) is 7.85. The van der Waals surface area contributed by atoms with Gasteiger partial charge < -0.3 is 15.7 Å². The molecule has 0 saturated carbocycles. The van der Waals surface area contributed by atoms with E-state index in [0.717, 1.165) is 17.7 Å². The Labute approximate surface area is 120 Å². The molecule has 0 spiro atoms. The Bertz CT molecular complexity index is 372. The van der Waals surface area contributed by atoms with Crippen molar-refractivity contribution in [3.05, 3.63) is 28.8 Å². The molecule has 0 fully saturated rings. The maximum Gasteiger partial charge on any atom is 0.0733 e. The van der Waals surface area contributed by atoms with Crippen molar-refractivity contribution in [2.75, 3.05) is 19.0 Å². The van der Waals surface area contributed by atoms with Gasteiger partial charge in [0.1, 0.15) is 0 Å². The van der Waals surface area contributed by atoms with Gasteiger partial charge in [-0.1, -0.05) is 31.0 Å². The molecule has 104 valence electrons. The fourth-order valence-corrected chi connectivity index (χ4v) is 2.05. The number of nitrogens with two attached hydrogens (primary N) is 1. The fourth-order valence-electron chi connectivity index (χ4n) is 1.75. The number of rotatable bonds is 5. The highest BCUT2D eigenvalue weighted by Gasteiger charge is 2.18. The van der Waals surface area contributed by atoms with Gasteiger partial charge in [-0.2, -0.15) is 0 Å². The molecule has 3 nitrogen and oxygen atoms in total. The second-order valence-corrected chi connectivity index (χ2v) is 4.89. The summed E-state index contributed by atoms with van der Waals surface area (Å²) >= 11 is 6.19. The van der Waals surface area contributed by atoms with Crippen LogP contribution in [0.15, 0.2) is 18.2 Å². The quantitative estimate of drug-likeness (QED) is 0.877. The van der Waals surface area contributed by atoms with E-state index in [1.807, 2.05) is 44.1 Å². The first-order valence-electron chi connectivity index (χ1n) is 5.87. The lowest BCUT2D eigenvalue weighted by molar-refractivity contribution is 0.134. The molecule has 1 aromatic rings. The van der Waals surface area contributed by atoms with Crippen LogP contribution in [0.2, 0.25) is 5.02 Å². The minimum atomic E-state index is -0.539. The van der Waals surface area contributed by atoms with Crippen LogP contribution in [-0.2, 0) is 0 Å². The second-order valence-electron chi connectivity index (χ2n) is 4.48. The first-order valence-corrected chi connectivity index (χ1v) is 6.25. The van der Waals surface area contributed by atoms with E-state index in [-0.39, 0.29) is 12.4 Å². The van der Waals surface area contributed by atoms with Crippen molar-refractivity contribution in [3.63, 3.8) is 0 Å². The highest BCUT2D eigenvalue weighted by Crippen LogP contribution is 2.28. The van der Waals surface area contributed by atoms with E-state index < -0.39 is 12.1 Å². The van der Waals surface area contributed by atoms with Crippen molar-refractivity contribution in [2.45, 2.75) is 31.9 Å². The Morgan fingerprint density at radius 1 is 1.39 bits per heavy atom. The van der Waals surface area contributed by atoms with Gasteiger partial charge in [0, 0.05) is 24.8 Å². The molecule has 0 aliphatic rings. The molecule has 3 N–H and O–H groups in total. The number of nitrogens with zero attached hydrogens (tertiary/aromatic N) is 1. The number of aliphatic hydroxyl groups excluding tert-OH is 1. The smallest absolute Gasteiger partial charge is 0.0733 e. The number of benzene rings is 1. The summed E-state index contributed by atoms with van der Waals surface area (Å²) in [6.07, 6.45) is 1.05. The van der Waals surface area contributed by atoms with E-state index in [9.17, 15) is 5.11 Å². The lowest BCUT2D eigenvalue weighted by atomic mass is 9.99. The lowest BCUT2D eigenvalue weighted by Crippen LogP contribution is -2.26. The van der Waals surface area contributed by atoms with E-state index >= 15 is 0 Å². The molecule has 0 unspecified atom stereocenters. The monoisotopic (exact) mass is 292 g/mol. The molecule has 18 heavy (non-hydrogen) atoms. The predicted molar refractivity (Wildman–Crippen MR) is 80.9 cm³/mol. The van der Waals surface area contributed by atoms with Gasteiger partial charge in [-0.05, 0) is 24.1 Å². The van der Waals surface area contributed by atoms with Crippen molar-refractivity contribution in [3.8, 4) is 0 Å². The molecular weight excluding hydrogens is 271 g/mol. The highest BCUT2D eigenvalue weighted by atomic mass is 35.5. The van der Waals surface area contributed by atoms with Crippen molar-refractivity contribution in [2.24, 2.45) is 5.73 Å². The van der Waals surface area contributed by atoms with Gasteiger partial charge in [-0.3, -0.25) is 0 Å². The largest absolute Gasteiger partial charge is 0.391 e. The van der Waals surface area contributed by atoms with Crippen molar-refractivity contribution >= 4 is 29.7 Å². The molecule has 0 aliphatic carbocycles. The summed E-state index contributed by atoms with van der Waals surface area (Å²) in [4.78, 5) is 1.98. The number of anilines is 1. The van der Waals surface area contributed by atoms with E-state index in [0.29, 0.717) is 11.4 Å². The SMILES string of the molecule is CCC[C@@H](O)[C@@H](N)c1ccc(N(C)C)cc1Cl.Cl. The van der Waals surface area contributed by atoms with Crippen LogP contribution in [0.1, 0.15) is 31.4 Å². The van der Waals surface area contributed by atoms with Gasteiger partial charge in [0.25, 0.3) is 0 Å². The van der Waals surface area contributed by atoms with Crippen LogP contribution >= 0.6 is 24.0 Å². The zero-order chi connectivity index (χ0) is 13.0. The van der Waals surface area contributed by atoms with Gasteiger partial charge in [0.05, 0.1) is 12.1 Å². The maximum absolute atomic E-state index is 9.88. The first-order chi connectivity index (χ1) is 7.97. The van der Waals surface area contributed by atoms with Crippen LogP contribution in [0.5, 0.6) is 0 Å². The minimum absolute atomic E-state index is 0. The summed E-state index contributed by atoms with van der Waals surface area (Å²) < 4.78 is 0. The third-order valence-corrected chi connectivity index (χ3v) is 3.19. The van der Waals surface area contributed by atoms with Gasteiger partial charge >= 0.3 is 0 Å². The fraction of sp³-hybridized carbons (Fsp3) is 0.538. The molecular formula is C13H22Cl2N2O. The van der Waals surface area contributed by atoms with Crippen LogP contribution in [-0.4, -0.2) is 25.3 Å². The third-order valence-electron chi connectivity index (χ3n) is 2.86. The lowest BCUT2D eigenvalue weighted by Gasteiger charge is -2.21. The Hall–Kier alpha value is -0.480. The minimum Gasteiger partial charge on any atom is -0.391 e. The molecule has 2 atom stereocenters. The molecule has 0 bridgehead atoms. The van der Waals surface area contributed by atoms with Crippen molar-refractivity contribution < 1.29 is 5.11 Å². The summed E-state index contributed by atoms with van der Waals surface area (Å²) in [6.45, 7) is 2.02. The van der Waals surface area contributed by atoms with Crippen LogP contribution in [0.4, 0.5) is 5.69 Å². The number of hydrogen-bond donors (Lipinski definition) is 2. The molecule has 1 rings (SSSR count). The van der Waals surface area contributed by atoms with Crippen molar-refractivity contribution in [1.29, 1.82) is 0 Å². The van der Waals surface area contributed by atoms with E-state index in [1.54, 1.807) is 0 Å². The summed E-state index contributed by atoms with van der Waals surface area (Å²) in [5.74, 6) is 0. The zero-order valence-corrected chi connectivity index (χ0v) is 12.6.